The lowest BCUT2D eigenvalue weighted by atomic mass is 9.80. The maximum absolute atomic E-state index is 6.62. The molecule has 0 radical (unpaired) electrons. The Balaban J connectivity index is 1.57. The Kier molecular flexibility index (Phi) is 3.78. The van der Waals surface area contributed by atoms with E-state index in [0.717, 1.165) is 53.0 Å². The zero-order valence-electron chi connectivity index (χ0n) is 15.0. The monoisotopic (exact) mass is 370 g/mol. The van der Waals surface area contributed by atoms with Gasteiger partial charge in [0.2, 0.25) is 0 Å². The van der Waals surface area contributed by atoms with Gasteiger partial charge in [-0.2, -0.15) is 5.10 Å². The highest BCUT2D eigenvalue weighted by Gasteiger charge is 2.52. The second kappa shape index (κ2) is 6.05. The van der Waals surface area contributed by atoms with Gasteiger partial charge in [0, 0.05) is 29.8 Å². The molecule has 3 heterocycles. The van der Waals surface area contributed by atoms with Crippen LogP contribution in [0.1, 0.15) is 62.8 Å². The number of hydrogen-bond acceptors (Lipinski definition) is 4. The molecular weight excluding hydrogens is 348 g/mol. The first-order chi connectivity index (χ1) is 12.7. The van der Waals surface area contributed by atoms with Crippen molar-refractivity contribution < 1.29 is 9.15 Å². The van der Waals surface area contributed by atoms with E-state index in [1.807, 2.05) is 30.3 Å². The lowest BCUT2D eigenvalue weighted by Gasteiger charge is -2.50. The van der Waals surface area contributed by atoms with Crippen LogP contribution < -0.4 is 4.74 Å². The van der Waals surface area contributed by atoms with Crippen LogP contribution in [0.2, 0.25) is 5.02 Å². The molecule has 1 spiro atoms. The molecule has 1 atom stereocenters. The van der Waals surface area contributed by atoms with Crippen molar-refractivity contribution in [3.8, 4) is 5.75 Å². The van der Waals surface area contributed by atoms with Crippen molar-refractivity contribution in [2.75, 3.05) is 0 Å². The molecule has 2 aromatic rings. The molecule has 3 aliphatic rings. The molecule has 1 fully saturated rings. The molecule has 5 heteroatoms. The van der Waals surface area contributed by atoms with E-state index in [9.17, 15) is 0 Å². The maximum Gasteiger partial charge on any atom is 0.198 e. The van der Waals surface area contributed by atoms with E-state index in [4.69, 9.17) is 25.9 Å². The Bertz CT molecular complexity index is 838. The topological polar surface area (TPSA) is 38.0 Å². The molecule has 136 valence electrons. The fourth-order valence-corrected chi connectivity index (χ4v) is 4.89. The largest absolute Gasteiger partial charge is 0.466 e. The summed E-state index contributed by atoms with van der Waals surface area (Å²) in [6.45, 7) is 2.29. The van der Waals surface area contributed by atoms with E-state index in [-0.39, 0.29) is 11.8 Å². The number of furan rings is 1. The fourth-order valence-electron chi connectivity index (χ4n) is 4.71. The van der Waals surface area contributed by atoms with E-state index >= 15 is 0 Å². The van der Waals surface area contributed by atoms with E-state index in [1.54, 1.807) is 6.26 Å². The summed E-state index contributed by atoms with van der Waals surface area (Å²) in [6.07, 6.45) is 8.18. The van der Waals surface area contributed by atoms with Crippen molar-refractivity contribution in [3.05, 3.63) is 52.9 Å². The molecule has 0 N–H and O–H groups in total. The molecule has 2 aliphatic heterocycles. The van der Waals surface area contributed by atoms with Crippen molar-refractivity contribution in [2.45, 2.75) is 57.2 Å². The third kappa shape index (κ3) is 2.46. The van der Waals surface area contributed by atoms with Gasteiger partial charge in [-0.1, -0.05) is 24.9 Å². The molecule has 1 aliphatic carbocycles. The summed E-state index contributed by atoms with van der Waals surface area (Å²) < 4.78 is 12.2. The van der Waals surface area contributed by atoms with Gasteiger partial charge in [-0.3, -0.25) is 0 Å². The SMILES string of the molecule is CCC1CCC2(CC1)Oc1ccc(Cl)cc1[C@H]1CC(c3ccco3)=NN12. The Morgan fingerprint density at radius 3 is 2.85 bits per heavy atom. The number of halogens is 1. The smallest absolute Gasteiger partial charge is 0.198 e. The normalized spacial score (nSPS) is 29.9. The minimum atomic E-state index is -0.342. The van der Waals surface area contributed by atoms with E-state index in [0.29, 0.717) is 0 Å². The van der Waals surface area contributed by atoms with Crippen LogP contribution in [-0.4, -0.2) is 16.4 Å². The number of nitrogens with zero attached hydrogens (tertiary/aromatic N) is 2. The van der Waals surface area contributed by atoms with E-state index in [1.165, 1.54) is 19.3 Å². The Hall–Kier alpha value is -1.94. The van der Waals surface area contributed by atoms with Crippen LogP contribution in [0.4, 0.5) is 0 Å². The maximum atomic E-state index is 6.62. The molecule has 0 saturated heterocycles. The minimum absolute atomic E-state index is 0.163. The summed E-state index contributed by atoms with van der Waals surface area (Å²) in [6, 6.07) is 10.0. The lowest BCUT2D eigenvalue weighted by Crippen LogP contribution is -2.55. The highest BCUT2D eigenvalue weighted by Crippen LogP contribution is 2.52. The molecule has 0 unspecified atom stereocenters. The van der Waals surface area contributed by atoms with Crippen molar-refractivity contribution in [1.82, 2.24) is 5.01 Å². The third-order valence-electron chi connectivity index (χ3n) is 6.23. The van der Waals surface area contributed by atoms with E-state index < -0.39 is 0 Å². The summed E-state index contributed by atoms with van der Waals surface area (Å²) in [7, 11) is 0. The number of rotatable bonds is 2. The number of fused-ring (bicyclic) bond motifs is 4. The lowest BCUT2D eigenvalue weighted by molar-refractivity contribution is -0.146. The van der Waals surface area contributed by atoms with Crippen LogP contribution in [0.3, 0.4) is 0 Å². The zero-order chi connectivity index (χ0) is 17.7. The highest BCUT2D eigenvalue weighted by molar-refractivity contribution is 6.30. The molecular formula is C21H23ClN2O2. The van der Waals surface area contributed by atoms with Crippen molar-refractivity contribution in [3.63, 3.8) is 0 Å². The summed E-state index contributed by atoms with van der Waals surface area (Å²) >= 11 is 6.29. The van der Waals surface area contributed by atoms with Gasteiger partial charge in [0.1, 0.15) is 17.2 Å². The second-order valence-electron chi connectivity index (χ2n) is 7.67. The molecule has 1 aromatic carbocycles. The fraction of sp³-hybridized carbons (Fsp3) is 0.476. The second-order valence-corrected chi connectivity index (χ2v) is 8.11. The molecule has 0 bridgehead atoms. The van der Waals surface area contributed by atoms with Gasteiger partial charge in [0.05, 0.1) is 12.3 Å². The summed E-state index contributed by atoms with van der Waals surface area (Å²) in [5.41, 5.74) is 1.78. The summed E-state index contributed by atoms with van der Waals surface area (Å²) in [5.74, 6) is 2.60. The van der Waals surface area contributed by atoms with Crippen LogP contribution in [0, 0.1) is 5.92 Å². The quantitative estimate of drug-likeness (QED) is 0.673. The van der Waals surface area contributed by atoms with E-state index in [2.05, 4.69) is 11.9 Å². The summed E-state index contributed by atoms with van der Waals surface area (Å²) in [4.78, 5) is 0. The van der Waals surface area contributed by atoms with Gasteiger partial charge >= 0.3 is 0 Å². The standard InChI is InChI=1S/C21H23ClN2O2/c1-2-14-7-9-21(10-8-14)24-18(13-17(23-24)20-4-3-11-25-20)16-12-15(22)5-6-19(16)26-21/h3-6,11-12,14,18H,2,7-10,13H2,1H3/t14?,18-,21?/m1/s1. The number of benzene rings is 1. The van der Waals surface area contributed by atoms with Gasteiger partial charge < -0.3 is 9.15 Å². The van der Waals surface area contributed by atoms with Crippen LogP contribution >= 0.6 is 11.6 Å². The van der Waals surface area contributed by atoms with Gasteiger partial charge in [0.15, 0.2) is 5.72 Å². The van der Waals surface area contributed by atoms with Gasteiger partial charge in [-0.25, -0.2) is 5.01 Å². The molecule has 4 nitrogen and oxygen atoms in total. The number of hydrogen-bond donors (Lipinski definition) is 0. The summed E-state index contributed by atoms with van der Waals surface area (Å²) in [5, 5.41) is 7.95. The van der Waals surface area contributed by atoms with Crippen molar-refractivity contribution >= 4 is 17.3 Å². The van der Waals surface area contributed by atoms with Gasteiger partial charge in [0.25, 0.3) is 0 Å². The zero-order valence-corrected chi connectivity index (χ0v) is 15.7. The van der Waals surface area contributed by atoms with Gasteiger partial charge in [-0.15, -0.1) is 0 Å². The first-order valence-corrected chi connectivity index (χ1v) is 9.95. The third-order valence-corrected chi connectivity index (χ3v) is 6.46. The Labute approximate surface area is 158 Å². The van der Waals surface area contributed by atoms with Crippen LogP contribution in [0.15, 0.2) is 46.1 Å². The number of hydrazone groups is 1. The first kappa shape index (κ1) is 16.2. The minimum Gasteiger partial charge on any atom is -0.466 e. The van der Waals surface area contributed by atoms with Gasteiger partial charge in [-0.05, 0) is 49.1 Å². The molecule has 1 aromatic heterocycles. The van der Waals surface area contributed by atoms with Crippen molar-refractivity contribution in [2.24, 2.45) is 11.0 Å². The first-order valence-electron chi connectivity index (χ1n) is 9.58. The predicted octanol–water partition coefficient (Wildman–Crippen LogP) is 5.77. The van der Waals surface area contributed by atoms with Crippen LogP contribution in [0.5, 0.6) is 5.75 Å². The van der Waals surface area contributed by atoms with Crippen molar-refractivity contribution in [1.29, 1.82) is 0 Å². The molecule has 0 amide bonds. The molecule has 5 rings (SSSR count). The highest BCUT2D eigenvalue weighted by atomic mass is 35.5. The van der Waals surface area contributed by atoms with Crippen LogP contribution in [-0.2, 0) is 0 Å². The average molecular weight is 371 g/mol. The Morgan fingerprint density at radius 1 is 1.27 bits per heavy atom. The average Bonchev–Trinajstić information content (AvgIpc) is 3.33. The predicted molar refractivity (Wildman–Crippen MR) is 102 cm³/mol. The van der Waals surface area contributed by atoms with Crippen LogP contribution in [0.25, 0.3) is 0 Å². The number of ether oxygens (including phenoxy) is 1. The molecule has 1 saturated carbocycles. The molecule has 26 heavy (non-hydrogen) atoms. The Morgan fingerprint density at radius 2 is 2.12 bits per heavy atom.